The van der Waals surface area contributed by atoms with Crippen LogP contribution in [0.4, 0.5) is 10.5 Å². The van der Waals surface area contributed by atoms with Crippen LogP contribution in [0.5, 0.6) is 0 Å². The van der Waals surface area contributed by atoms with E-state index in [9.17, 15) is 9.90 Å². The van der Waals surface area contributed by atoms with Crippen molar-refractivity contribution in [2.24, 2.45) is 5.92 Å². The first kappa shape index (κ1) is 22.0. The predicted molar refractivity (Wildman–Crippen MR) is 108 cm³/mol. The summed E-state index contributed by atoms with van der Waals surface area (Å²) in [7, 11) is 3.70. The first-order chi connectivity index (χ1) is 11.9. The standard InChI is InChI=1S/C21H34N2O3/c1-15(2)19(16(3)24)22(7)14-13-17-9-11-18(12-10-17)23(8)20(25)26-21(4,5)6/h9-12,15,19,24H,3,13-14H2,1-2,4-8H3/t19-/m0/s1. The van der Waals surface area contributed by atoms with Gasteiger partial charge in [-0.25, -0.2) is 4.79 Å². The molecule has 0 spiro atoms. The lowest BCUT2D eigenvalue weighted by Crippen LogP contribution is -2.38. The lowest BCUT2D eigenvalue weighted by Gasteiger charge is -2.30. The highest BCUT2D eigenvalue weighted by Gasteiger charge is 2.22. The smallest absolute Gasteiger partial charge is 0.414 e. The third-order valence-electron chi connectivity index (χ3n) is 4.19. The average Bonchev–Trinajstić information content (AvgIpc) is 2.50. The third kappa shape index (κ3) is 6.71. The van der Waals surface area contributed by atoms with Crippen LogP contribution in [-0.4, -0.2) is 48.4 Å². The number of nitrogens with zero attached hydrogens (tertiary/aromatic N) is 2. The summed E-state index contributed by atoms with van der Waals surface area (Å²) in [4.78, 5) is 15.8. The van der Waals surface area contributed by atoms with Crippen molar-refractivity contribution in [2.45, 2.75) is 52.7 Å². The Balaban J connectivity index is 2.67. The lowest BCUT2D eigenvalue weighted by molar-refractivity contribution is 0.0589. The Morgan fingerprint density at radius 2 is 1.73 bits per heavy atom. The van der Waals surface area contributed by atoms with E-state index in [1.54, 1.807) is 7.05 Å². The minimum Gasteiger partial charge on any atom is -0.511 e. The zero-order valence-electron chi connectivity index (χ0n) is 17.2. The van der Waals surface area contributed by atoms with Crippen molar-refractivity contribution in [1.82, 2.24) is 4.90 Å². The summed E-state index contributed by atoms with van der Waals surface area (Å²) >= 11 is 0. The van der Waals surface area contributed by atoms with Gasteiger partial charge in [0, 0.05) is 19.3 Å². The minimum absolute atomic E-state index is 0.0485. The van der Waals surface area contributed by atoms with Crippen LogP contribution in [0.1, 0.15) is 40.2 Å². The summed E-state index contributed by atoms with van der Waals surface area (Å²) in [6, 6.07) is 7.83. The van der Waals surface area contributed by atoms with E-state index in [4.69, 9.17) is 4.74 Å². The van der Waals surface area contributed by atoms with Gasteiger partial charge in [-0.2, -0.15) is 0 Å². The SMILES string of the molecule is C=C(O)[C@H](C(C)C)N(C)CCc1ccc(N(C)C(=O)OC(C)(C)C)cc1. The Labute approximate surface area is 158 Å². The minimum atomic E-state index is -0.514. The number of aliphatic hydroxyl groups is 1. The molecule has 0 aliphatic carbocycles. The van der Waals surface area contributed by atoms with Crippen molar-refractivity contribution >= 4 is 11.8 Å². The van der Waals surface area contributed by atoms with Crippen molar-refractivity contribution in [1.29, 1.82) is 0 Å². The molecule has 1 rings (SSSR count). The van der Waals surface area contributed by atoms with Crippen LogP contribution in [0.2, 0.25) is 0 Å². The van der Waals surface area contributed by atoms with E-state index in [0.29, 0.717) is 5.92 Å². The molecular weight excluding hydrogens is 328 g/mol. The Kier molecular flexibility index (Phi) is 7.69. The molecule has 146 valence electrons. The molecule has 1 atom stereocenters. The van der Waals surface area contributed by atoms with E-state index in [-0.39, 0.29) is 17.9 Å². The van der Waals surface area contributed by atoms with Gasteiger partial charge in [0.15, 0.2) is 0 Å². The summed E-state index contributed by atoms with van der Waals surface area (Å²) in [6.07, 6.45) is 0.481. The first-order valence-electron chi connectivity index (χ1n) is 9.06. The summed E-state index contributed by atoms with van der Waals surface area (Å²) < 4.78 is 5.38. The number of rotatable bonds is 7. The monoisotopic (exact) mass is 362 g/mol. The van der Waals surface area contributed by atoms with Crippen LogP contribution in [0.15, 0.2) is 36.6 Å². The van der Waals surface area contributed by atoms with E-state index in [1.165, 1.54) is 10.5 Å². The van der Waals surface area contributed by atoms with Crippen molar-refractivity contribution in [3.63, 3.8) is 0 Å². The molecule has 0 saturated heterocycles. The van der Waals surface area contributed by atoms with Gasteiger partial charge in [0.1, 0.15) is 11.4 Å². The zero-order chi connectivity index (χ0) is 20.1. The van der Waals surface area contributed by atoms with E-state index in [1.807, 2.05) is 52.1 Å². The normalized spacial score (nSPS) is 13.0. The summed E-state index contributed by atoms with van der Waals surface area (Å²) in [5, 5.41) is 9.79. The number of likely N-dealkylation sites (N-methyl/N-ethyl adjacent to an activating group) is 1. The molecule has 26 heavy (non-hydrogen) atoms. The molecule has 0 saturated carbocycles. The Morgan fingerprint density at radius 1 is 1.19 bits per heavy atom. The third-order valence-corrected chi connectivity index (χ3v) is 4.19. The highest BCUT2D eigenvalue weighted by atomic mass is 16.6. The van der Waals surface area contributed by atoms with Crippen LogP contribution in [0.3, 0.4) is 0 Å². The number of amides is 1. The summed E-state index contributed by atoms with van der Waals surface area (Å²) in [5.41, 5.74) is 1.45. The van der Waals surface area contributed by atoms with E-state index in [0.717, 1.165) is 18.7 Å². The van der Waals surface area contributed by atoms with E-state index < -0.39 is 5.60 Å². The topological polar surface area (TPSA) is 53.0 Å². The number of ether oxygens (including phenoxy) is 1. The highest BCUT2D eigenvalue weighted by Crippen LogP contribution is 2.19. The van der Waals surface area contributed by atoms with E-state index in [2.05, 4.69) is 25.3 Å². The highest BCUT2D eigenvalue weighted by molar-refractivity contribution is 5.87. The Morgan fingerprint density at radius 3 is 2.15 bits per heavy atom. The zero-order valence-corrected chi connectivity index (χ0v) is 17.2. The molecule has 0 bridgehead atoms. The molecule has 1 aromatic rings. The molecule has 0 aliphatic rings. The van der Waals surface area contributed by atoms with Crippen molar-refractivity contribution in [3.05, 3.63) is 42.2 Å². The molecule has 5 heteroatoms. The van der Waals surface area contributed by atoms with Gasteiger partial charge >= 0.3 is 6.09 Å². The van der Waals surface area contributed by atoms with Crippen molar-refractivity contribution < 1.29 is 14.6 Å². The molecule has 0 heterocycles. The van der Waals surface area contributed by atoms with Gasteiger partial charge in [0.05, 0.1) is 6.04 Å². The molecule has 0 fully saturated rings. The summed E-state index contributed by atoms with van der Waals surface area (Å²) in [5.74, 6) is 0.499. The number of benzene rings is 1. The molecule has 0 aromatic heterocycles. The molecule has 1 aromatic carbocycles. The fourth-order valence-electron chi connectivity index (χ4n) is 2.91. The van der Waals surface area contributed by atoms with Crippen LogP contribution in [0.25, 0.3) is 0 Å². The number of carbonyl (C=O) groups is 1. The Bertz CT molecular complexity index is 603. The van der Waals surface area contributed by atoms with Gasteiger partial charge in [-0.15, -0.1) is 0 Å². The van der Waals surface area contributed by atoms with Gasteiger partial charge in [0.25, 0.3) is 0 Å². The number of aliphatic hydroxyl groups excluding tert-OH is 1. The van der Waals surface area contributed by atoms with Gasteiger partial charge in [-0.05, 0) is 57.9 Å². The van der Waals surface area contributed by atoms with Gasteiger partial charge in [-0.3, -0.25) is 9.80 Å². The molecule has 0 aliphatic heterocycles. The maximum atomic E-state index is 12.1. The second kappa shape index (κ2) is 9.08. The maximum absolute atomic E-state index is 12.1. The Hall–Kier alpha value is -2.01. The molecule has 0 radical (unpaired) electrons. The van der Waals surface area contributed by atoms with Crippen LogP contribution < -0.4 is 4.90 Å². The summed E-state index contributed by atoms with van der Waals surface area (Å²) in [6.45, 7) is 14.2. The first-order valence-corrected chi connectivity index (χ1v) is 9.06. The fourth-order valence-corrected chi connectivity index (χ4v) is 2.91. The second-order valence-electron chi connectivity index (χ2n) is 8.12. The van der Waals surface area contributed by atoms with Gasteiger partial charge in [-0.1, -0.05) is 32.6 Å². The number of hydrogen-bond acceptors (Lipinski definition) is 4. The van der Waals surface area contributed by atoms with E-state index >= 15 is 0 Å². The van der Waals surface area contributed by atoms with Gasteiger partial charge < -0.3 is 9.84 Å². The molecular formula is C21H34N2O3. The predicted octanol–water partition coefficient (Wildman–Crippen LogP) is 4.63. The average molecular weight is 363 g/mol. The lowest BCUT2D eigenvalue weighted by atomic mass is 10.0. The fraction of sp³-hybridized carbons (Fsp3) is 0.571. The number of anilines is 1. The molecule has 1 amide bonds. The van der Waals surface area contributed by atoms with Crippen molar-refractivity contribution in [2.75, 3.05) is 25.5 Å². The van der Waals surface area contributed by atoms with Gasteiger partial charge in [0.2, 0.25) is 0 Å². The second-order valence-corrected chi connectivity index (χ2v) is 8.12. The molecule has 1 N–H and O–H groups in total. The van der Waals surface area contributed by atoms with Crippen LogP contribution in [-0.2, 0) is 11.2 Å². The number of hydrogen-bond donors (Lipinski definition) is 1. The van der Waals surface area contributed by atoms with Crippen LogP contribution in [0, 0.1) is 5.92 Å². The molecule has 5 nitrogen and oxygen atoms in total. The van der Waals surface area contributed by atoms with Crippen LogP contribution >= 0.6 is 0 Å². The maximum Gasteiger partial charge on any atom is 0.414 e. The number of carbonyl (C=O) groups excluding carboxylic acids is 1. The quantitative estimate of drug-likeness (QED) is 0.719. The molecule has 0 unspecified atom stereocenters. The van der Waals surface area contributed by atoms with Crippen molar-refractivity contribution in [3.8, 4) is 0 Å². The largest absolute Gasteiger partial charge is 0.511 e.